The van der Waals surface area contributed by atoms with E-state index in [4.69, 9.17) is 0 Å². The number of amides is 3. The van der Waals surface area contributed by atoms with Gasteiger partial charge < -0.3 is 15.1 Å². The average molecular weight is 573 g/mol. The van der Waals surface area contributed by atoms with Gasteiger partial charge in [-0.3, -0.25) is 4.79 Å². The predicted octanol–water partition coefficient (Wildman–Crippen LogP) is 4.76. The Balaban J connectivity index is 1.48. The SMILES string of the molecule is CCCN(CC(=O)N(Cc1cccc(F)c1)C1CCN(C(=O)NC2CCCCC2)CC1)S(=O)(=O)c1ccccc1. The molecule has 0 unspecified atom stereocenters. The molecule has 1 heterocycles. The molecule has 0 atom stereocenters. The lowest BCUT2D eigenvalue weighted by molar-refractivity contribution is -0.135. The first-order valence-electron chi connectivity index (χ1n) is 14.4. The van der Waals surface area contributed by atoms with Crippen molar-refractivity contribution in [2.45, 2.75) is 81.8 Å². The molecule has 2 fully saturated rings. The highest BCUT2D eigenvalue weighted by Crippen LogP contribution is 2.23. The molecule has 1 saturated heterocycles. The summed E-state index contributed by atoms with van der Waals surface area (Å²) in [5, 5.41) is 3.17. The maximum Gasteiger partial charge on any atom is 0.317 e. The number of rotatable bonds is 10. The minimum Gasteiger partial charge on any atom is -0.335 e. The van der Waals surface area contributed by atoms with Crippen molar-refractivity contribution < 1.29 is 22.4 Å². The maximum atomic E-state index is 14.0. The molecule has 8 nitrogen and oxygen atoms in total. The van der Waals surface area contributed by atoms with Crippen LogP contribution in [0, 0.1) is 5.82 Å². The molecular formula is C30H41FN4O4S. The Kier molecular flexibility index (Phi) is 10.6. The van der Waals surface area contributed by atoms with E-state index in [1.807, 2.05) is 6.92 Å². The fourth-order valence-corrected chi connectivity index (χ4v) is 7.17. The zero-order valence-corrected chi connectivity index (χ0v) is 24.1. The second-order valence-electron chi connectivity index (χ2n) is 10.8. The first-order valence-corrected chi connectivity index (χ1v) is 15.9. The minimum absolute atomic E-state index is 0.0589. The number of benzene rings is 2. The molecule has 2 aliphatic rings. The zero-order valence-electron chi connectivity index (χ0n) is 23.3. The Bertz CT molecular complexity index is 1230. The number of sulfonamides is 1. The smallest absolute Gasteiger partial charge is 0.317 e. The van der Waals surface area contributed by atoms with Crippen molar-refractivity contribution in [2.75, 3.05) is 26.2 Å². The fraction of sp³-hybridized carbons (Fsp3) is 0.533. The lowest BCUT2D eigenvalue weighted by atomic mass is 9.95. The molecule has 2 aromatic rings. The van der Waals surface area contributed by atoms with Crippen molar-refractivity contribution in [3.63, 3.8) is 0 Å². The van der Waals surface area contributed by atoms with Crippen LogP contribution >= 0.6 is 0 Å². The summed E-state index contributed by atoms with van der Waals surface area (Å²) >= 11 is 0. The summed E-state index contributed by atoms with van der Waals surface area (Å²) in [5.41, 5.74) is 0.638. The second kappa shape index (κ2) is 14.1. The molecule has 0 bridgehead atoms. The van der Waals surface area contributed by atoms with E-state index >= 15 is 0 Å². The monoisotopic (exact) mass is 572 g/mol. The Morgan fingerprint density at radius 1 is 0.975 bits per heavy atom. The van der Waals surface area contributed by atoms with Crippen LogP contribution in [-0.2, 0) is 21.4 Å². The molecule has 3 amide bonds. The second-order valence-corrected chi connectivity index (χ2v) is 12.7. The van der Waals surface area contributed by atoms with E-state index < -0.39 is 15.8 Å². The zero-order chi connectivity index (χ0) is 28.5. The molecule has 10 heteroatoms. The van der Waals surface area contributed by atoms with Gasteiger partial charge in [-0.2, -0.15) is 4.31 Å². The van der Waals surface area contributed by atoms with Crippen molar-refractivity contribution >= 4 is 22.0 Å². The number of carbonyl (C=O) groups excluding carboxylic acids is 2. The van der Waals surface area contributed by atoms with Gasteiger partial charge in [-0.15, -0.1) is 0 Å². The van der Waals surface area contributed by atoms with Crippen molar-refractivity contribution in [3.05, 3.63) is 66.0 Å². The molecule has 1 aliphatic carbocycles. The summed E-state index contributed by atoms with van der Waals surface area (Å²) in [6.45, 7) is 2.94. The van der Waals surface area contributed by atoms with Crippen molar-refractivity contribution in [2.24, 2.45) is 0 Å². The Morgan fingerprint density at radius 3 is 2.33 bits per heavy atom. The average Bonchev–Trinajstić information content (AvgIpc) is 2.97. The molecule has 1 saturated carbocycles. The van der Waals surface area contributed by atoms with Gasteiger partial charge in [0.2, 0.25) is 15.9 Å². The third-order valence-corrected chi connectivity index (χ3v) is 9.71. The summed E-state index contributed by atoms with van der Waals surface area (Å²) in [4.78, 5) is 30.3. The molecule has 2 aromatic carbocycles. The van der Waals surface area contributed by atoms with E-state index in [1.54, 1.807) is 40.1 Å². The molecule has 0 radical (unpaired) electrons. The molecular weight excluding hydrogens is 531 g/mol. The summed E-state index contributed by atoms with van der Waals surface area (Å²) in [6.07, 6.45) is 7.21. The largest absolute Gasteiger partial charge is 0.335 e. The molecule has 4 rings (SSSR count). The van der Waals surface area contributed by atoms with Crippen LogP contribution in [0.25, 0.3) is 0 Å². The Labute approximate surface area is 237 Å². The van der Waals surface area contributed by atoms with Gasteiger partial charge in [0.05, 0.1) is 11.4 Å². The van der Waals surface area contributed by atoms with Crippen LogP contribution < -0.4 is 5.32 Å². The molecule has 0 aromatic heterocycles. The number of hydrogen-bond acceptors (Lipinski definition) is 4. The van der Waals surface area contributed by atoms with Gasteiger partial charge in [0.1, 0.15) is 5.82 Å². The van der Waals surface area contributed by atoms with Gasteiger partial charge >= 0.3 is 6.03 Å². The van der Waals surface area contributed by atoms with Crippen molar-refractivity contribution in [1.82, 2.24) is 19.4 Å². The first kappa shape index (κ1) is 30.0. The van der Waals surface area contributed by atoms with Crippen LogP contribution in [0.5, 0.6) is 0 Å². The summed E-state index contributed by atoms with van der Waals surface area (Å²) in [5.74, 6) is -0.722. The van der Waals surface area contributed by atoms with E-state index in [2.05, 4.69) is 5.32 Å². The predicted molar refractivity (Wildman–Crippen MR) is 152 cm³/mol. The van der Waals surface area contributed by atoms with Crippen LogP contribution in [0.1, 0.15) is 63.9 Å². The van der Waals surface area contributed by atoms with Crippen LogP contribution in [0.4, 0.5) is 9.18 Å². The molecule has 0 spiro atoms. The number of urea groups is 1. The van der Waals surface area contributed by atoms with E-state index in [0.717, 1.165) is 25.7 Å². The van der Waals surface area contributed by atoms with Gasteiger partial charge in [-0.1, -0.05) is 56.5 Å². The highest BCUT2D eigenvalue weighted by atomic mass is 32.2. The molecule has 1 aliphatic heterocycles. The van der Waals surface area contributed by atoms with Crippen LogP contribution in [-0.4, -0.2) is 72.7 Å². The van der Waals surface area contributed by atoms with Crippen LogP contribution in [0.3, 0.4) is 0 Å². The Morgan fingerprint density at radius 2 is 1.68 bits per heavy atom. The van der Waals surface area contributed by atoms with Gasteiger partial charge in [-0.25, -0.2) is 17.6 Å². The van der Waals surface area contributed by atoms with E-state index in [1.165, 1.54) is 35.0 Å². The number of hydrogen-bond donors (Lipinski definition) is 1. The lowest BCUT2D eigenvalue weighted by Crippen LogP contribution is -2.53. The van der Waals surface area contributed by atoms with E-state index in [-0.39, 0.29) is 48.6 Å². The standard InChI is InChI=1S/C30H41FN4O4S/c1-2-18-34(40(38,39)28-14-7-4-8-15-28)23-29(36)35(22-24-10-9-11-25(31)21-24)27-16-19-33(20-17-27)30(37)32-26-12-5-3-6-13-26/h4,7-11,14-15,21,26-27H,2-3,5-6,12-13,16-20,22-23H2,1H3,(H,32,37). The fourth-order valence-electron chi connectivity index (χ4n) is 5.66. The van der Waals surface area contributed by atoms with E-state index in [0.29, 0.717) is 37.9 Å². The third-order valence-electron chi connectivity index (χ3n) is 7.85. The van der Waals surface area contributed by atoms with Gasteiger partial charge in [-0.05, 0) is 61.9 Å². The quantitative estimate of drug-likeness (QED) is 0.445. The topological polar surface area (TPSA) is 90.0 Å². The molecule has 218 valence electrons. The number of likely N-dealkylation sites (tertiary alicyclic amines) is 1. The van der Waals surface area contributed by atoms with E-state index in [9.17, 15) is 22.4 Å². The van der Waals surface area contributed by atoms with Crippen molar-refractivity contribution in [3.8, 4) is 0 Å². The van der Waals surface area contributed by atoms with Gasteiger partial charge in [0.25, 0.3) is 0 Å². The highest BCUT2D eigenvalue weighted by molar-refractivity contribution is 7.89. The normalized spacial score (nSPS) is 17.1. The third kappa shape index (κ3) is 7.81. The lowest BCUT2D eigenvalue weighted by Gasteiger charge is -2.40. The maximum absolute atomic E-state index is 14.0. The molecule has 1 N–H and O–H groups in total. The van der Waals surface area contributed by atoms with Crippen molar-refractivity contribution in [1.29, 1.82) is 0 Å². The number of piperidine rings is 1. The van der Waals surface area contributed by atoms with Gasteiger partial charge in [0, 0.05) is 38.3 Å². The summed E-state index contributed by atoms with van der Waals surface area (Å²) < 4.78 is 42.0. The summed E-state index contributed by atoms with van der Waals surface area (Å²) in [6, 6.07) is 14.2. The minimum atomic E-state index is -3.87. The molecule has 40 heavy (non-hydrogen) atoms. The number of nitrogens with one attached hydrogen (secondary N) is 1. The van der Waals surface area contributed by atoms with Gasteiger partial charge in [0.15, 0.2) is 0 Å². The highest BCUT2D eigenvalue weighted by Gasteiger charge is 2.33. The number of carbonyl (C=O) groups is 2. The first-order chi connectivity index (χ1) is 19.3. The summed E-state index contributed by atoms with van der Waals surface area (Å²) in [7, 11) is -3.87. The number of halogens is 1. The van der Waals surface area contributed by atoms with Crippen LogP contribution in [0.2, 0.25) is 0 Å². The number of nitrogens with zero attached hydrogens (tertiary/aromatic N) is 3. The Hall–Kier alpha value is -2.98. The van der Waals surface area contributed by atoms with Crippen LogP contribution in [0.15, 0.2) is 59.5 Å².